The van der Waals surface area contributed by atoms with Crippen molar-refractivity contribution in [1.29, 1.82) is 0 Å². The summed E-state index contributed by atoms with van der Waals surface area (Å²) in [7, 11) is 1.32. The van der Waals surface area contributed by atoms with Crippen molar-refractivity contribution in [2.24, 2.45) is 0 Å². The summed E-state index contributed by atoms with van der Waals surface area (Å²) in [6, 6.07) is 3.33. The number of ether oxygens (including phenoxy) is 1. The van der Waals surface area contributed by atoms with Crippen LogP contribution in [0.15, 0.2) is 12.1 Å². The highest BCUT2D eigenvalue weighted by Crippen LogP contribution is 2.02. The first-order chi connectivity index (χ1) is 9.21. The van der Waals surface area contributed by atoms with Crippen LogP contribution < -0.4 is 5.32 Å². The second-order valence-corrected chi connectivity index (χ2v) is 4.16. The van der Waals surface area contributed by atoms with E-state index in [4.69, 9.17) is 0 Å². The molecule has 6 nitrogen and oxygen atoms in total. The van der Waals surface area contributed by atoms with Crippen LogP contribution >= 0.6 is 0 Å². The maximum Gasteiger partial charge on any atom is 0.358 e. The number of nitrogens with one attached hydrogen (secondary N) is 1. The summed E-state index contributed by atoms with van der Waals surface area (Å²) < 4.78 is 4.56. The molecule has 0 saturated heterocycles. The summed E-state index contributed by atoms with van der Waals surface area (Å²) in [5.74, 6) is 0.194. The zero-order valence-electron chi connectivity index (χ0n) is 11.8. The number of rotatable bonds is 8. The van der Waals surface area contributed by atoms with Gasteiger partial charge in [0, 0.05) is 13.1 Å². The van der Waals surface area contributed by atoms with Gasteiger partial charge in [-0.05, 0) is 31.6 Å². The predicted octanol–water partition coefficient (Wildman–Crippen LogP) is 1.41. The van der Waals surface area contributed by atoms with Gasteiger partial charge in [-0.2, -0.15) is 0 Å². The second-order valence-electron chi connectivity index (χ2n) is 4.16. The molecule has 106 valence electrons. The van der Waals surface area contributed by atoms with Crippen LogP contribution in [0.5, 0.6) is 0 Å². The second kappa shape index (κ2) is 8.42. The molecule has 1 heterocycles. The number of methoxy groups -OCH3 is 1. The van der Waals surface area contributed by atoms with Gasteiger partial charge >= 0.3 is 5.97 Å². The fourth-order valence-corrected chi connectivity index (χ4v) is 1.73. The zero-order chi connectivity index (χ0) is 14.1. The summed E-state index contributed by atoms with van der Waals surface area (Å²) >= 11 is 0. The van der Waals surface area contributed by atoms with Crippen molar-refractivity contribution in [1.82, 2.24) is 15.1 Å². The maximum atomic E-state index is 11.2. The van der Waals surface area contributed by atoms with Gasteiger partial charge in [-0.25, -0.2) is 4.79 Å². The molecule has 0 aliphatic heterocycles. The molecule has 0 aromatic carbocycles. The first-order valence-corrected chi connectivity index (χ1v) is 6.59. The van der Waals surface area contributed by atoms with Gasteiger partial charge in [0.1, 0.15) is 5.82 Å². The molecule has 0 atom stereocenters. The van der Waals surface area contributed by atoms with E-state index in [2.05, 4.69) is 39.0 Å². The molecule has 6 heteroatoms. The number of hydrogen-bond donors (Lipinski definition) is 1. The Morgan fingerprint density at radius 1 is 1.32 bits per heavy atom. The summed E-state index contributed by atoms with van der Waals surface area (Å²) in [6.07, 6.45) is 1.15. The van der Waals surface area contributed by atoms with Gasteiger partial charge in [-0.3, -0.25) is 0 Å². The molecule has 1 N–H and O–H groups in total. The molecule has 0 aliphatic carbocycles. The summed E-state index contributed by atoms with van der Waals surface area (Å²) in [5.41, 5.74) is 0.217. The van der Waals surface area contributed by atoms with Crippen LogP contribution in [0.2, 0.25) is 0 Å². The Kier molecular flexibility index (Phi) is 6.81. The van der Waals surface area contributed by atoms with Crippen LogP contribution in [-0.4, -0.2) is 54.4 Å². The van der Waals surface area contributed by atoms with E-state index in [9.17, 15) is 4.79 Å². The standard InChI is InChI=1S/C13H22N4O2/c1-4-9-17(5-2)10-8-14-12-7-6-11(15-16-12)13(18)19-3/h6-7H,4-5,8-10H2,1-3H3,(H,14,16). The van der Waals surface area contributed by atoms with E-state index in [0.29, 0.717) is 5.82 Å². The van der Waals surface area contributed by atoms with E-state index < -0.39 is 5.97 Å². The fourth-order valence-electron chi connectivity index (χ4n) is 1.73. The summed E-state index contributed by atoms with van der Waals surface area (Å²) in [6.45, 7) is 8.24. The minimum atomic E-state index is -0.473. The molecule has 0 bridgehead atoms. The van der Waals surface area contributed by atoms with Gasteiger partial charge in [-0.1, -0.05) is 13.8 Å². The van der Waals surface area contributed by atoms with E-state index in [1.807, 2.05) is 0 Å². The Hall–Kier alpha value is -1.69. The van der Waals surface area contributed by atoms with Crippen molar-refractivity contribution >= 4 is 11.8 Å². The molecule has 0 fully saturated rings. The number of anilines is 1. The number of esters is 1. The lowest BCUT2D eigenvalue weighted by molar-refractivity contribution is 0.0593. The normalized spacial score (nSPS) is 10.5. The van der Waals surface area contributed by atoms with E-state index >= 15 is 0 Å². The third-order valence-corrected chi connectivity index (χ3v) is 2.78. The smallest absolute Gasteiger partial charge is 0.358 e. The van der Waals surface area contributed by atoms with E-state index in [1.165, 1.54) is 7.11 Å². The molecule has 0 radical (unpaired) electrons. The maximum absolute atomic E-state index is 11.2. The highest BCUT2D eigenvalue weighted by molar-refractivity contribution is 5.86. The molecule has 0 spiro atoms. The monoisotopic (exact) mass is 266 g/mol. The Labute approximate surface area is 114 Å². The van der Waals surface area contributed by atoms with Crippen molar-refractivity contribution < 1.29 is 9.53 Å². The molecule has 1 aromatic heterocycles. The van der Waals surface area contributed by atoms with Crippen LogP contribution in [0.1, 0.15) is 30.8 Å². The average Bonchev–Trinajstić information content (AvgIpc) is 2.46. The molecule has 0 unspecified atom stereocenters. The lowest BCUT2D eigenvalue weighted by atomic mass is 10.3. The first-order valence-electron chi connectivity index (χ1n) is 6.59. The van der Waals surface area contributed by atoms with Gasteiger partial charge in [0.2, 0.25) is 0 Å². The molecule has 1 rings (SSSR count). The number of carbonyl (C=O) groups excluding carboxylic acids is 1. The highest BCUT2D eigenvalue weighted by atomic mass is 16.5. The van der Waals surface area contributed by atoms with Crippen molar-refractivity contribution in [2.75, 3.05) is 38.6 Å². The molecule has 0 aliphatic rings. The Morgan fingerprint density at radius 2 is 2.11 bits per heavy atom. The Morgan fingerprint density at radius 3 is 2.63 bits per heavy atom. The first kappa shape index (κ1) is 15.4. The molecule has 0 saturated carbocycles. The molecule has 0 amide bonds. The van der Waals surface area contributed by atoms with Crippen molar-refractivity contribution in [3.63, 3.8) is 0 Å². The van der Waals surface area contributed by atoms with E-state index in [1.54, 1.807) is 12.1 Å². The fraction of sp³-hybridized carbons (Fsp3) is 0.615. The average molecular weight is 266 g/mol. The van der Waals surface area contributed by atoms with Crippen LogP contribution in [0.25, 0.3) is 0 Å². The summed E-state index contributed by atoms with van der Waals surface area (Å²) in [5, 5.41) is 10.9. The van der Waals surface area contributed by atoms with Crippen LogP contribution in [-0.2, 0) is 4.74 Å². The minimum Gasteiger partial charge on any atom is -0.464 e. The molecular weight excluding hydrogens is 244 g/mol. The number of aromatic nitrogens is 2. The summed E-state index contributed by atoms with van der Waals surface area (Å²) in [4.78, 5) is 13.6. The third kappa shape index (κ3) is 5.21. The SMILES string of the molecule is CCCN(CC)CCNc1ccc(C(=O)OC)nn1. The highest BCUT2D eigenvalue weighted by Gasteiger charge is 2.07. The zero-order valence-corrected chi connectivity index (χ0v) is 11.8. The Balaban J connectivity index is 2.39. The van der Waals surface area contributed by atoms with Crippen LogP contribution in [0.3, 0.4) is 0 Å². The van der Waals surface area contributed by atoms with Gasteiger partial charge in [-0.15, -0.1) is 10.2 Å². The third-order valence-electron chi connectivity index (χ3n) is 2.78. The molecule has 1 aromatic rings. The quantitative estimate of drug-likeness (QED) is 0.718. The van der Waals surface area contributed by atoms with Gasteiger partial charge in [0.05, 0.1) is 7.11 Å². The Bertz CT molecular complexity index is 381. The number of hydrogen-bond acceptors (Lipinski definition) is 6. The van der Waals surface area contributed by atoms with Gasteiger partial charge in [0.25, 0.3) is 0 Å². The van der Waals surface area contributed by atoms with Gasteiger partial charge < -0.3 is 15.0 Å². The largest absolute Gasteiger partial charge is 0.464 e. The molecule has 19 heavy (non-hydrogen) atoms. The topological polar surface area (TPSA) is 67.4 Å². The number of nitrogens with zero attached hydrogens (tertiary/aromatic N) is 3. The lowest BCUT2D eigenvalue weighted by Crippen LogP contribution is -2.29. The van der Waals surface area contributed by atoms with Crippen molar-refractivity contribution in [2.45, 2.75) is 20.3 Å². The van der Waals surface area contributed by atoms with E-state index in [-0.39, 0.29) is 5.69 Å². The lowest BCUT2D eigenvalue weighted by Gasteiger charge is -2.19. The van der Waals surface area contributed by atoms with Gasteiger partial charge in [0.15, 0.2) is 5.69 Å². The molecular formula is C13H22N4O2. The van der Waals surface area contributed by atoms with Crippen molar-refractivity contribution in [3.8, 4) is 0 Å². The minimum absolute atomic E-state index is 0.217. The van der Waals surface area contributed by atoms with Crippen molar-refractivity contribution in [3.05, 3.63) is 17.8 Å². The number of likely N-dealkylation sites (N-methyl/N-ethyl adjacent to an activating group) is 1. The van der Waals surface area contributed by atoms with Crippen LogP contribution in [0, 0.1) is 0 Å². The number of carbonyl (C=O) groups is 1. The van der Waals surface area contributed by atoms with E-state index in [0.717, 1.165) is 32.6 Å². The predicted molar refractivity (Wildman–Crippen MR) is 74.3 cm³/mol. The van der Waals surface area contributed by atoms with Crippen LogP contribution in [0.4, 0.5) is 5.82 Å².